The zero-order valence-electron chi connectivity index (χ0n) is 20.3. The number of amides is 1. The highest BCUT2D eigenvalue weighted by Gasteiger charge is 2.32. The van der Waals surface area contributed by atoms with Crippen LogP contribution < -0.4 is 0 Å². The minimum absolute atomic E-state index is 0.164. The van der Waals surface area contributed by atoms with Gasteiger partial charge in [0.2, 0.25) is 15.9 Å². The molecule has 0 fully saturated rings. The minimum Gasteiger partial charge on any atom is -0.332 e. The molecule has 0 N–H and O–H groups in total. The third-order valence-electron chi connectivity index (χ3n) is 6.27. The van der Waals surface area contributed by atoms with Gasteiger partial charge in [-0.1, -0.05) is 55.5 Å². The van der Waals surface area contributed by atoms with Crippen LogP contribution in [-0.2, 0) is 27.9 Å². The van der Waals surface area contributed by atoms with Gasteiger partial charge in [0, 0.05) is 17.5 Å². The summed E-state index contributed by atoms with van der Waals surface area (Å²) in [4.78, 5) is 16.4. The van der Waals surface area contributed by atoms with Gasteiger partial charge in [0.05, 0.1) is 18.0 Å². The van der Waals surface area contributed by atoms with E-state index in [-0.39, 0.29) is 35.8 Å². The maximum Gasteiger partial charge on any atom is 0.243 e. The number of benzene rings is 3. The maximum absolute atomic E-state index is 13.8. The molecule has 0 bridgehead atoms. The summed E-state index contributed by atoms with van der Waals surface area (Å²) in [5.74, 6) is -0.656. The van der Waals surface area contributed by atoms with Crippen LogP contribution in [0.25, 0.3) is 10.8 Å². The highest BCUT2D eigenvalue weighted by Crippen LogP contribution is 2.25. The predicted octanol–water partition coefficient (Wildman–Crippen LogP) is 6.06. The van der Waals surface area contributed by atoms with Gasteiger partial charge in [0.15, 0.2) is 0 Å². The van der Waals surface area contributed by atoms with E-state index in [0.717, 1.165) is 21.2 Å². The molecule has 8 heteroatoms. The average Bonchev–Trinajstić information content (AvgIpc) is 3.40. The van der Waals surface area contributed by atoms with E-state index >= 15 is 0 Å². The number of thiophene rings is 1. The smallest absolute Gasteiger partial charge is 0.243 e. The Morgan fingerprint density at radius 3 is 2.33 bits per heavy atom. The van der Waals surface area contributed by atoms with E-state index in [4.69, 9.17) is 0 Å². The fourth-order valence-electron chi connectivity index (χ4n) is 4.01. The normalized spacial score (nSPS) is 12.7. The number of sulfonamides is 1. The first-order valence-electron chi connectivity index (χ1n) is 11.8. The van der Waals surface area contributed by atoms with Crippen molar-refractivity contribution in [2.45, 2.75) is 44.3 Å². The molecule has 0 aliphatic carbocycles. The molecule has 1 atom stereocenters. The average molecular weight is 525 g/mol. The van der Waals surface area contributed by atoms with Gasteiger partial charge in [0.25, 0.3) is 0 Å². The fourth-order valence-corrected chi connectivity index (χ4v) is 6.42. The fraction of sp³-hybridized carbons (Fsp3) is 0.250. The standard InChI is InChI=1S/C28H29FN2O3S2/c1-3-21(2)31(36(33,34)27-15-12-23-7-4-5-8-24(23)17-27)20-28(32)30(19-26-9-6-16-35-26)18-22-10-13-25(29)14-11-22/h4-17,21H,3,18-20H2,1-2H3/t21-/m1/s1. The van der Waals surface area contributed by atoms with Gasteiger partial charge in [-0.3, -0.25) is 4.79 Å². The van der Waals surface area contributed by atoms with Crippen molar-refractivity contribution in [2.24, 2.45) is 0 Å². The first kappa shape index (κ1) is 26.0. The summed E-state index contributed by atoms with van der Waals surface area (Å²) >= 11 is 1.53. The van der Waals surface area contributed by atoms with E-state index in [1.165, 1.54) is 27.8 Å². The van der Waals surface area contributed by atoms with Gasteiger partial charge >= 0.3 is 0 Å². The van der Waals surface area contributed by atoms with Crippen molar-refractivity contribution in [2.75, 3.05) is 6.54 Å². The number of carbonyl (C=O) groups is 1. The third kappa shape index (κ3) is 6.00. The van der Waals surface area contributed by atoms with Crippen LogP contribution >= 0.6 is 11.3 Å². The van der Waals surface area contributed by atoms with Crippen molar-refractivity contribution in [3.63, 3.8) is 0 Å². The highest BCUT2D eigenvalue weighted by atomic mass is 32.2. The van der Waals surface area contributed by atoms with Crippen molar-refractivity contribution >= 4 is 38.0 Å². The Bertz CT molecular complexity index is 1420. The Labute approximate surface area is 215 Å². The van der Waals surface area contributed by atoms with E-state index in [2.05, 4.69) is 0 Å². The molecule has 0 radical (unpaired) electrons. The molecule has 0 unspecified atom stereocenters. The lowest BCUT2D eigenvalue weighted by molar-refractivity contribution is -0.133. The molecule has 36 heavy (non-hydrogen) atoms. The quantitative estimate of drug-likeness (QED) is 0.253. The summed E-state index contributed by atoms with van der Waals surface area (Å²) in [6, 6.07) is 22.1. The lowest BCUT2D eigenvalue weighted by Crippen LogP contribution is -2.46. The van der Waals surface area contributed by atoms with Crippen LogP contribution in [0.1, 0.15) is 30.7 Å². The Kier molecular flexibility index (Phi) is 8.18. The molecule has 0 saturated carbocycles. The van der Waals surface area contributed by atoms with Crippen LogP contribution in [0.3, 0.4) is 0 Å². The van der Waals surface area contributed by atoms with Crippen LogP contribution in [0, 0.1) is 5.82 Å². The molecule has 1 heterocycles. The van der Waals surface area contributed by atoms with Crippen molar-refractivity contribution in [1.82, 2.24) is 9.21 Å². The van der Waals surface area contributed by atoms with Crippen molar-refractivity contribution in [1.29, 1.82) is 0 Å². The molecule has 0 aliphatic heterocycles. The van der Waals surface area contributed by atoms with Gasteiger partial charge in [-0.25, -0.2) is 12.8 Å². The second-order valence-corrected chi connectivity index (χ2v) is 11.7. The zero-order chi connectivity index (χ0) is 25.7. The number of fused-ring (bicyclic) bond motifs is 1. The van der Waals surface area contributed by atoms with Crippen LogP contribution in [0.15, 0.2) is 89.1 Å². The van der Waals surface area contributed by atoms with Gasteiger partial charge in [-0.2, -0.15) is 4.31 Å². The van der Waals surface area contributed by atoms with E-state index in [1.807, 2.05) is 55.6 Å². The van der Waals surface area contributed by atoms with E-state index in [0.29, 0.717) is 13.0 Å². The molecule has 3 aromatic carbocycles. The number of rotatable bonds is 10. The predicted molar refractivity (Wildman–Crippen MR) is 143 cm³/mol. The summed E-state index contributed by atoms with van der Waals surface area (Å²) in [6.45, 7) is 4.03. The third-order valence-corrected chi connectivity index (χ3v) is 9.08. The van der Waals surface area contributed by atoms with E-state index in [1.54, 1.807) is 35.2 Å². The van der Waals surface area contributed by atoms with Crippen molar-refractivity contribution in [3.8, 4) is 0 Å². The molecule has 1 aromatic heterocycles. The zero-order valence-corrected chi connectivity index (χ0v) is 21.9. The number of nitrogens with zero attached hydrogens (tertiary/aromatic N) is 2. The Morgan fingerprint density at radius 2 is 1.67 bits per heavy atom. The van der Waals surface area contributed by atoms with Crippen LogP contribution in [-0.4, -0.2) is 36.1 Å². The molecule has 4 rings (SSSR count). The van der Waals surface area contributed by atoms with Crippen LogP contribution in [0.2, 0.25) is 0 Å². The molecule has 0 spiro atoms. The second-order valence-electron chi connectivity index (χ2n) is 8.77. The topological polar surface area (TPSA) is 57.7 Å². The molecule has 5 nitrogen and oxygen atoms in total. The summed E-state index contributed by atoms with van der Waals surface area (Å²) in [5.41, 5.74) is 0.772. The lowest BCUT2D eigenvalue weighted by atomic mass is 10.1. The van der Waals surface area contributed by atoms with Crippen molar-refractivity contribution in [3.05, 3.63) is 101 Å². The van der Waals surface area contributed by atoms with Crippen LogP contribution in [0.5, 0.6) is 0 Å². The summed E-state index contributed by atoms with van der Waals surface area (Å²) in [7, 11) is -3.93. The Hall–Kier alpha value is -3.07. The molecule has 0 saturated heterocycles. The van der Waals surface area contributed by atoms with Crippen LogP contribution in [0.4, 0.5) is 4.39 Å². The van der Waals surface area contributed by atoms with E-state index < -0.39 is 10.0 Å². The van der Waals surface area contributed by atoms with Gasteiger partial charge < -0.3 is 4.90 Å². The first-order valence-corrected chi connectivity index (χ1v) is 14.1. The van der Waals surface area contributed by atoms with E-state index in [9.17, 15) is 17.6 Å². The molecule has 0 aliphatic rings. The maximum atomic E-state index is 13.8. The number of hydrogen-bond acceptors (Lipinski definition) is 4. The molecule has 1 amide bonds. The monoisotopic (exact) mass is 524 g/mol. The Morgan fingerprint density at radius 1 is 0.944 bits per heavy atom. The summed E-state index contributed by atoms with van der Waals surface area (Å²) < 4.78 is 42.2. The second kappa shape index (κ2) is 11.3. The lowest BCUT2D eigenvalue weighted by Gasteiger charge is -2.30. The van der Waals surface area contributed by atoms with Gasteiger partial charge in [-0.05, 0) is 65.4 Å². The molecular weight excluding hydrogens is 495 g/mol. The first-order chi connectivity index (χ1) is 17.3. The highest BCUT2D eigenvalue weighted by molar-refractivity contribution is 7.89. The minimum atomic E-state index is -3.93. The molecule has 4 aromatic rings. The summed E-state index contributed by atoms with van der Waals surface area (Å²) in [6.07, 6.45) is 0.559. The number of hydrogen-bond donors (Lipinski definition) is 0. The van der Waals surface area contributed by atoms with Gasteiger partial charge in [0.1, 0.15) is 5.82 Å². The number of halogens is 1. The van der Waals surface area contributed by atoms with Crippen molar-refractivity contribution < 1.29 is 17.6 Å². The SMILES string of the molecule is CC[C@@H](C)N(CC(=O)N(Cc1ccc(F)cc1)Cc1cccs1)S(=O)(=O)c1ccc2ccccc2c1. The van der Waals surface area contributed by atoms with Gasteiger partial charge in [-0.15, -0.1) is 11.3 Å². The molecular formula is C28H29FN2O3S2. The summed E-state index contributed by atoms with van der Waals surface area (Å²) in [5, 5.41) is 3.71. The molecule has 188 valence electrons. The Balaban J connectivity index is 1.63. The largest absolute Gasteiger partial charge is 0.332 e. The number of carbonyl (C=O) groups excluding carboxylic acids is 1.